The fraction of sp³-hybridized carbons (Fsp3) is 0.103. The van der Waals surface area contributed by atoms with E-state index in [9.17, 15) is 14.9 Å². The van der Waals surface area contributed by atoms with E-state index in [1.807, 2.05) is 70.2 Å². The zero-order chi connectivity index (χ0) is 27.0. The highest BCUT2D eigenvalue weighted by Gasteiger charge is 2.34. The number of carbonyl (C=O) groups excluding carboxylic acids is 1. The molecule has 9 heteroatoms. The Morgan fingerprint density at radius 2 is 1.55 bits per heavy atom. The van der Waals surface area contributed by atoms with Crippen LogP contribution in [0.3, 0.4) is 0 Å². The Morgan fingerprint density at radius 3 is 2.16 bits per heavy atom. The number of nitro benzene ring substituents is 1. The number of nitro groups is 1. The van der Waals surface area contributed by atoms with Gasteiger partial charge in [-0.2, -0.15) is 5.10 Å². The summed E-state index contributed by atoms with van der Waals surface area (Å²) in [7, 11) is -1.84. The van der Waals surface area contributed by atoms with E-state index < -0.39 is 13.0 Å². The second-order valence-electron chi connectivity index (χ2n) is 10.1. The number of aromatic nitrogens is 2. The molecule has 0 amide bonds. The van der Waals surface area contributed by atoms with E-state index in [0.717, 1.165) is 16.9 Å². The number of nitrogens with zero attached hydrogens (tertiary/aromatic N) is 4. The Balaban J connectivity index is 1.69. The van der Waals surface area contributed by atoms with E-state index in [0.29, 0.717) is 27.7 Å². The van der Waals surface area contributed by atoms with Crippen molar-refractivity contribution in [1.29, 1.82) is 0 Å². The number of non-ortho nitro benzene ring substituents is 1. The predicted octanol–water partition coefficient (Wildman–Crippen LogP) is 7.29. The minimum absolute atomic E-state index is 0.0238. The molecule has 0 bridgehead atoms. The lowest BCUT2D eigenvalue weighted by atomic mass is 10.0. The summed E-state index contributed by atoms with van der Waals surface area (Å²) >= 11 is 6.11. The third kappa shape index (κ3) is 5.09. The molecule has 2 heterocycles. The van der Waals surface area contributed by atoms with Crippen molar-refractivity contribution < 1.29 is 9.72 Å². The third-order valence-corrected chi connectivity index (χ3v) is 7.42. The van der Waals surface area contributed by atoms with Crippen molar-refractivity contribution in [3.8, 4) is 16.9 Å². The van der Waals surface area contributed by atoms with Crippen LogP contribution in [0.5, 0.6) is 0 Å². The Morgan fingerprint density at radius 1 is 0.921 bits per heavy atom. The topological polar surface area (TPSA) is 81.3 Å². The first-order valence-electron chi connectivity index (χ1n) is 12.1. The van der Waals surface area contributed by atoms with Crippen molar-refractivity contribution in [2.24, 2.45) is 0 Å². The highest BCUT2D eigenvalue weighted by Crippen LogP contribution is 2.37. The van der Waals surface area contributed by atoms with Crippen LogP contribution in [0, 0.1) is 10.1 Å². The largest absolute Gasteiger partial charge is 0.298 e. The van der Waals surface area contributed by atoms with Crippen molar-refractivity contribution in [2.75, 3.05) is 4.90 Å². The Labute approximate surface area is 226 Å². The minimum Gasteiger partial charge on any atom is -0.298 e. The Bertz CT molecular complexity index is 1590. The van der Waals surface area contributed by atoms with Gasteiger partial charge in [-0.05, 0) is 42.0 Å². The highest BCUT2D eigenvalue weighted by molar-refractivity contribution is 6.81. The molecule has 190 valence electrons. The van der Waals surface area contributed by atoms with Gasteiger partial charge in [0.2, 0.25) is 5.78 Å². The van der Waals surface area contributed by atoms with Crippen LogP contribution in [0.4, 0.5) is 11.5 Å². The maximum Gasteiger partial charge on any atom is 0.269 e. The molecule has 0 radical (unpaired) electrons. The second-order valence-corrected chi connectivity index (χ2v) is 15.5. The van der Waals surface area contributed by atoms with Crippen molar-refractivity contribution in [1.82, 2.24) is 9.78 Å². The zero-order valence-electron chi connectivity index (χ0n) is 21.1. The number of benzene rings is 3. The summed E-state index contributed by atoms with van der Waals surface area (Å²) in [5, 5.41) is 16.7. The number of rotatable bonds is 6. The monoisotopic (exact) mass is 540 g/mol. The van der Waals surface area contributed by atoms with Crippen LogP contribution in [-0.4, -0.2) is 28.6 Å². The molecule has 0 fully saturated rings. The Kier molecular flexibility index (Phi) is 6.60. The number of anilines is 1. The first-order valence-corrected chi connectivity index (χ1v) is 16.0. The number of Topliss-reactive ketones (excluding diaryl/α,β-unsaturated/α-hetero) is 1. The van der Waals surface area contributed by atoms with Gasteiger partial charge in [0.1, 0.15) is 5.82 Å². The molecule has 0 N–H and O–H groups in total. The van der Waals surface area contributed by atoms with E-state index in [1.54, 1.807) is 18.3 Å². The van der Waals surface area contributed by atoms with Crippen molar-refractivity contribution in [2.45, 2.75) is 19.6 Å². The summed E-state index contributed by atoms with van der Waals surface area (Å²) in [4.78, 5) is 26.4. The molecule has 0 saturated heterocycles. The molecule has 1 aromatic heterocycles. The van der Waals surface area contributed by atoms with Gasteiger partial charge in [-0.25, -0.2) is 4.68 Å². The number of allylic oxidation sites excluding steroid dienone is 1. The van der Waals surface area contributed by atoms with Crippen molar-refractivity contribution in [3.63, 3.8) is 0 Å². The molecule has 1 aliphatic heterocycles. The molecule has 0 spiro atoms. The van der Waals surface area contributed by atoms with Gasteiger partial charge in [0.05, 0.1) is 30.1 Å². The summed E-state index contributed by atoms with van der Waals surface area (Å²) in [6.45, 7) is 6.51. The molecule has 0 saturated carbocycles. The quantitative estimate of drug-likeness (QED) is 0.111. The highest BCUT2D eigenvalue weighted by atomic mass is 35.5. The Hall–Kier alpha value is -4.27. The van der Waals surface area contributed by atoms with Crippen LogP contribution in [-0.2, 0) is 4.79 Å². The van der Waals surface area contributed by atoms with E-state index in [1.165, 1.54) is 12.1 Å². The molecule has 7 nitrogen and oxygen atoms in total. The van der Waals surface area contributed by atoms with Crippen LogP contribution < -0.4 is 4.90 Å². The number of ketones is 1. The maximum atomic E-state index is 13.8. The van der Waals surface area contributed by atoms with Crippen LogP contribution in [0.1, 0.15) is 5.56 Å². The maximum absolute atomic E-state index is 13.8. The zero-order valence-corrected chi connectivity index (χ0v) is 22.9. The molecule has 0 atom stereocenters. The van der Waals surface area contributed by atoms with Gasteiger partial charge >= 0.3 is 0 Å². The lowest BCUT2D eigenvalue weighted by Crippen LogP contribution is -2.25. The van der Waals surface area contributed by atoms with Gasteiger partial charge in [-0.1, -0.05) is 67.3 Å². The van der Waals surface area contributed by atoms with E-state index in [4.69, 9.17) is 16.7 Å². The first-order chi connectivity index (χ1) is 18.1. The summed E-state index contributed by atoms with van der Waals surface area (Å²) < 4.78 is 1.82. The normalized spacial score (nSPS) is 14.7. The minimum atomic E-state index is -1.84. The molecule has 0 aliphatic carbocycles. The second kappa shape index (κ2) is 9.89. The van der Waals surface area contributed by atoms with Crippen LogP contribution in [0.2, 0.25) is 24.7 Å². The van der Waals surface area contributed by atoms with E-state index >= 15 is 0 Å². The summed E-state index contributed by atoms with van der Waals surface area (Å²) in [5.74, 6) is 0.575. The fourth-order valence-electron chi connectivity index (χ4n) is 4.27. The number of halogens is 1. The van der Waals surface area contributed by atoms with Crippen molar-refractivity contribution in [3.05, 3.63) is 123 Å². The van der Waals surface area contributed by atoms with E-state index in [-0.39, 0.29) is 11.5 Å². The average molecular weight is 541 g/mol. The molecule has 4 aromatic rings. The number of hydrogen-bond donors (Lipinski definition) is 0. The molecule has 1 aliphatic rings. The summed E-state index contributed by atoms with van der Waals surface area (Å²) in [6, 6.07) is 25.2. The van der Waals surface area contributed by atoms with Crippen molar-refractivity contribution >= 4 is 42.5 Å². The molecule has 38 heavy (non-hydrogen) atoms. The van der Waals surface area contributed by atoms with Gasteiger partial charge in [-0.3, -0.25) is 19.8 Å². The lowest BCUT2D eigenvalue weighted by molar-refractivity contribution is -0.384. The third-order valence-electron chi connectivity index (χ3n) is 6.03. The fourth-order valence-corrected chi connectivity index (χ4v) is 5.49. The smallest absolute Gasteiger partial charge is 0.269 e. The standard InChI is InChI=1S/C29H25ClN4O3Si/c1-38(2,3)19-27-29(35)25(20-11-15-24(16-12-20)34(36)37)18-32(27)28-17-26(21-9-13-22(30)14-10-21)31-33(28)23-7-5-4-6-8-23/h4-19H,1-3H3/b27-19-. The molecular formula is C29H25ClN4O3Si. The summed E-state index contributed by atoms with van der Waals surface area (Å²) in [5.41, 5.74) is 6.17. The molecule has 0 unspecified atom stereocenters. The predicted molar refractivity (Wildman–Crippen MR) is 154 cm³/mol. The number of para-hydroxylation sites is 1. The van der Waals surface area contributed by atoms with Gasteiger partial charge in [0.25, 0.3) is 5.69 Å². The average Bonchev–Trinajstić information content (AvgIpc) is 3.46. The molecule has 3 aromatic carbocycles. The van der Waals surface area contributed by atoms with Crippen LogP contribution >= 0.6 is 11.6 Å². The van der Waals surface area contributed by atoms with Gasteiger partial charge in [0.15, 0.2) is 0 Å². The molecule has 5 rings (SSSR count). The lowest BCUT2D eigenvalue weighted by Gasteiger charge is -2.21. The SMILES string of the molecule is C[Si](C)(C)/C=C1/C(=O)C(c2ccc([N+](=O)[O-])cc2)=CN1c1cc(-c2ccc(Cl)cc2)nn1-c1ccccc1. The number of hydrogen-bond acceptors (Lipinski definition) is 5. The van der Waals surface area contributed by atoms with Gasteiger partial charge in [-0.15, -0.1) is 0 Å². The first kappa shape index (κ1) is 25.4. The summed E-state index contributed by atoms with van der Waals surface area (Å²) in [6.07, 6.45) is 1.80. The van der Waals surface area contributed by atoms with Gasteiger partial charge < -0.3 is 0 Å². The van der Waals surface area contributed by atoms with E-state index in [2.05, 4.69) is 25.3 Å². The molecular weight excluding hydrogens is 516 g/mol. The number of carbonyl (C=O) groups is 1. The van der Waals surface area contributed by atoms with Gasteiger partial charge in [0, 0.05) is 40.6 Å². The van der Waals surface area contributed by atoms with Crippen LogP contribution in [0.25, 0.3) is 22.5 Å². The van der Waals surface area contributed by atoms with Crippen LogP contribution in [0.15, 0.2) is 103 Å².